The molecule has 7 heteroatoms. The van der Waals surface area contributed by atoms with E-state index >= 15 is 0 Å². The van der Waals surface area contributed by atoms with Crippen LogP contribution in [0.4, 0.5) is 11.5 Å². The Morgan fingerprint density at radius 2 is 2.03 bits per heavy atom. The number of aryl methyl sites for hydroxylation is 2. The number of fused-ring (bicyclic) bond motifs is 1. The van der Waals surface area contributed by atoms with Crippen molar-refractivity contribution in [1.82, 2.24) is 9.78 Å². The number of nitrogens with zero attached hydrogens (tertiary/aromatic N) is 2. The van der Waals surface area contributed by atoms with Crippen molar-refractivity contribution in [3.8, 4) is 16.9 Å². The highest BCUT2D eigenvalue weighted by atomic mass is 16.5. The zero-order valence-corrected chi connectivity index (χ0v) is 17.2. The molecule has 7 nitrogen and oxygen atoms in total. The van der Waals surface area contributed by atoms with Crippen LogP contribution in [0.2, 0.25) is 0 Å². The first-order chi connectivity index (χ1) is 14.5. The molecule has 154 valence electrons. The molecule has 1 aliphatic heterocycles. The first-order valence-electron chi connectivity index (χ1n) is 9.93. The zero-order valence-electron chi connectivity index (χ0n) is 17.2. The Labute approximate surface area is 175 Å². The lowest BCUT2D eigenvalue weighted by molar-refractivity contribution is -0.123. The van der Waals surface area contributed by atoms with E-state index in [1.807, 2.05) is 62.4 Å². The lowest BCUT2D eigenvalue weighted by Gasteiger charge is -2.10. The van der Waals surface area contributed by atoms with Crippen LogP contribution in [0.1, 0.15) is 30.6 Å². The van der Waals surface area contributed by atoms with Gasteiger partial charge >= 0.3 is 0 Å². The molecule has 1 aromatic heterocycles. The lowest BCUT2D eigenvalue weighted by Crippen LogP contribution is -2.24. The van der Waals surface area contributed by atoms with Crippen LogP contribution in [-0.2, 0) is 16.0 Å². The quantitative estimate of drug-likeness (QED) is 0.651. The highest BCUT2D eigenvalue weighted by Crippen LogP contribution is 2.39. The predicted molar refractivity (Wildman–Crippen MR) is 116 cm³/mol. The predicted octanol–water partition coefficient (Wildman–Crippen LogP) is 3.95. The van der Waals surface area contributed by atoms with Crippen LogP contribution in [0.15, 0.2) is 48.5 Å². The van der Waals surface area contributed by atoms with Gasteiger partial charge in [-0.05, 0) is 48.7 Å². The average molecular weight is 404 g/mol. The number of carbonyl (C=O) groups is 2. The smallest absolute Gasteiger partial charge is 0.251 e. The third-order valence-corrected chi connectivity index (χ3v) is 5.20. The van der Waals surface area contributed by atoms with Crippen LogP contribution in [0.5, 0.6) is 5.75 Å². The molecule has 2 amide bonds. The zero-order chi connectivity index (χ0) is 21.3. The van der Waals surface area contributed by atoms with Gasteiger partial charge in [0.1, 0.15) is 17.6 Å². The van der Waals surface area contributed by atoms with Crippen LogP contribution in [0.25, 0.3) is 11.1 Å². The van der Waals surface area contributed by atoms with Gasteiger partial charge in [0.15, 0.2) is 0 Å². The lowest BCUT2D eigenvalue weighted by atomic mass is 10.0. The first kappa shape index (κ1) is 19.7. The summed E-state index contributed by atoms with van der Waals surface area (Å²) in [5.74, 6) is 0.889. The van der Waals surface area contributed by atoms with Crippen LogP contribution in [-0.4, -0.2) is 28.7 Å². The fourth-order valence-electron chi connectivity index (χ4n) is 3.76. The molecule has 3 aromatic rings. The Balaban J connectivity index is 1.62. The van der Waals surface area contributed by atoms with Crippen LogP contribution in [0.3, 0.4) is 0 Å². The molecule has 0 saturated heterocycles. The van der Waals surface area contributed by atoms with Gasteiger partial charge in [-0.25, -0.2) is 4.68 Å². The number of nitrogens with one attached hydrogen (secondary N) is 2. The van der Waals surface area contributed by atoms with Crippen molar-refractivity contribution in [2.24, 2.45) is 0 Å². The van der Waals surface area contributed by atoms with E-state index in [1.54, 1.807) is 11.8 Å². The molecule has 1 aliphatic rings. The molecule has 2 N–H and O–H groups in total. The SMILES string of the molecule is CCc1nn2c(c1-c1cccc(OC)c1)NC(=O)C2CC(=O)Nc1cccc(C)c1. The van der Waals surface area contributed by atoms with Crippen molar-refractivity contribution in [3.05, 3.63) is 59.8 Å². The number of ether oxygens (including phenoxy) is 1. The summed E-state index contributed by atoms with van der Waals surface area (Å²) in [5, 5.41) is 10.5. The third-order valence-electron chi connectivity index (χ3n) is 5.20. The minimum Gasteiger partial charge on any atom is -0.497 e. The largest absolute Gasteiger partial charge is 0.497 e. The summed E-state index contributed by atoms with van der Waals surface area (Å²) in [6, 6.07) is 14.5. The average Bonchev–Trinajstić information content (AvgIpc) is 3.23. The molecule has 0 spiro atoms. The number of methoxy groups -OCH3 is 1. The van der Waals surface area contributed by atoms with Gasteiger partial charge in [-0.3, -0.25) is 9.59 Å². The molecular formula is C23H24N4O3. The molecule has 1 atom stereocenters. The number of benzene rings is 2. The van der Waals surface area contributed by atoms with E-state index in [-0.39, 0.29) is 18.2 Å². The van der Waals surface area contributed by atoms with Gasteiger partial charge in [0, 0.05) is 11.3 Å². The summed E-state index contributed by atoms with van der Waals surface area (Å²) in [7, 11) is 1.62. The molecule has 0 radical (unpaired) electrons. The number of aromatic nitrogens is 2. The van der Waals surface area contributed by atoms with Gasteiger partial charge < -0.3 is 15.4 Å². The number of amides is 2. The van der Waals surface area contributed by atoms with Gasteiger partial charge in [0.2, 0.25) is 5.91 Å². The molecule has 0 bridgehead atoms. The summed E-state index contributed by atoms with van der Waals surface area (Å²) < 4.78 is 6.98. The van der Waals surface area contributed by atoms with Crippen molar-refractivity contribution in [2.75, 3.05) is 17.7 Å². The third kappa shape index (κ3) is 3.66. The van der Waals surface area contributed by atoms with Crippen LogP contribution >= 0.6 is 0 Å². The molecule has 30 heavy (non-hydrogen) atoms. The van der Waals surface area contributed by atoms with Crippen molar-refractivity contribution in [1.29, 1.82) is 0 Å². The van der Waals surface area contributed by atoms with Crippen molar-refractivity contribution < 1.29 is 14.3 Å². The van der Waals surface area contributed by atoms with E-state index in [9.17, 15) is 9.59 Å². The highest BCUT2D eigenvalue weighted by molar-refractivity contribution is 6.04. The topological polar surface area (TPSA) is 85.2 Å². The maximum Gasteiger partial charge on any atom is 0.251 e. The van der Waals surface area contributed by atoms with Crippen LogP contribution < -0.4 is 15.4 Å². The first-order valence-corrected chi connectivity index (χ1v) is 9.93. The fourth-order valence-corrected chi connectivity index (χ4v) is 3.76. The summed E-state index contributed by atoms with van der Waals surface area (Å²) in [6.45, 7) is 3.98. The molecule has 4 rings (SSSR count). The van der Waals surface area contributed by atoms with Gasteiger partial charge in [-0.2, -0.15) is 5.10 Å². The van der Waals surface area contributed by atoms with Gasteiger partial charge in [-0.15, -0.1) is 0 Å². The number of hydrogen-bond acceptors (Lipinski definition) is 4. The van der Waals surface area contributed by atoms with Crippen LogP contribution in [0, 0.1) is 6.92 Å². The second-order valence-electron chi connectivity index (χ2n) is 7.33. The van der Waals surface area contributed by atoms with E-state index < -0.39 is 6.04 Å². The van der Waals surface area contributed by atoms with E-state index in [0.717, 1.165) is 28.1 Å². The van der Waals surface area contributed by atoms with E-state index in [4.69, 9.17) is 4.74 Å². The number of hydrogen-bond donors (Lipinski definition) is 2. The Kier molecular flexibility index (Phi) is 5.27. The Morgan fingerprint density at radius 3 is 2.77 bits per heavy atom. The summed E-state index contributed by atoms with van der Waals surface area (Å²) in [4.78, 5) is 25.3. The van der Waals surface area contributed by atoms with E-state index in [0.29, 0.717) is 17.9 Å². The molecule has 0 saturated carbocycles. The molecule has 2 heterocycles. The molecule has 0 fully saturated rings. The normalized spacial score (nSPS) is 14.9. The van der Waals surface area contributed by atoms with E-state index in [1.165, 1.54) is 0 Å². The Bertz CT molecular complexity index is 1120. The number of rotatable bonds is 6. The minimum absolute atomic E-state index is 0.00909. The fraction of sp³-hybridized carbons (Fsp3) is 0.261. The van der Waals surface area contributed by atoms with Crippen molar-refractivity contribution in [3.63, 3.8) is 0 Å². The number of carbonyl (C=O) groups excluding carboxylic acids is 2. The van der Waals surface area contributed by atoms with E-state index in [2.05, 4.69) is 15.7 Å². The maximum absolute atomic E-state index is 12.7. The minimum atomic E-state index is -0.686. The van der Waals surface area contributed by atoms with Gasteiger partial charge in [-0.1, -0.05) is 31.2 Å². The second kappa shape index (κ2) is 8.02. The second-order valence-corrected chi connectivity index (χ2v) is 7.33. The molecule has 2 aromatic carbocycles. The summed E-state index contributed by atoms with van der Waals surface area (Å²) in [6.07, 6.45) is 0.708. The van der Waals surface area contributed by atoms with Gasteiger partial charge in [0.25, 0.3) is 5.91 Å². The molecule has 1 unspecified atom stereocenters. The Morgan fingerprint density at radius 1 is 1.23 bits per heavy atom. The van der Waals surface area contributed by atoms with Crippen molar-refractivity contribution in [2.45, 2.75) is 32.7 Å². The van der Waals surface area contributed by atoms with Gasteiger partial charge in [0.05, 0.1) is 19.2 Å². The molecule has 0 aliphatic carbocycles. The molecular weight excluding hydrogens is 380 g/mol. The monoisotopic (exact) mass is 404 g/mol. The Hall–Kier alpha value is -3.61. The summed E-state index contributed by atoms with van der Waals surface area (Å²) in [5.41, 5.74) is 4.41. The maximum atomic E-state index is 12.7. The summed E-state index contributed by atoms with van der Waals surface area (Å²) >= 11 is 0. The highest BCUT2D eigenvalue weighted by Gasteiger charge is 2.36. The number of anilines is 2. The van der Waals surface area contributed by atoms with Crippen molar-refractivity contribution >= 4 is 23.3 Å². The standard InChI is InChI=1S/C23H24N4O3/c1-4-18-21(15-8-6-10-17(12-15)30-3)22-25-23(29)19(27(22)26-18)13-20(28)24-16-9-5-7-14(2)11-16/h5-12,19H,4,13H2,1-3H3,(H,24,28)(H,25,29).